The van der Waals surface area contributed by atoms with Crippen LogP contribution in [0.15, 0.2) is 60.7 Å². The summed E-state index contributed by atoms with van der Waals surface area (Å²) in [7, 11) is 3.06. The molecular formula is C22H24N2O4. The molecule has 6 heteroatoms. The van der Waals surface area contributed by atoms with Gasteiger partial charge in [0.2, 0.25) is 0 Å². The van der Waals surface area contributed by atoms with Gasteiger partial charge in [-0.05, 0) is 36.4 Å². The van der Waals surface area contributed by atoms with Gasteiger partial charge in [0, 0.05) is 35.6 Å². The second kappa shape index (κ2) is 8.90. The van der Waals surface area contributed by atoms with E-state index in [0.717, 1.165) is 22.5 Å². The van der Waals surface area contributed by atoms with E-state index in [1.807, 2.05) is 48.5 Å². The molecule has 0 fully saturated rings. The largest absolute Gasteiger partial charge is 0.504 e. The van der Waals surface area contributed by atoms with Crippen LogP contribution in [0.3, 0.4) is 0 Å². The number of nitrogens with one attached hydrogen (secondary N) is 2. The van der Waals surface area contributed by atoms with Gasteiger partial charge in [0.15, 0.2) is 23.0 Å². The van der Waals surface area contributed by atoms with E-state index in [9.17, 15) is 10.2 Å². The van der Waals surface area contributed by atoms with Crippen LogP contribution < -0.4 is 20.1 Å². The zero-order valence-electron chi connectivity index (χ0n) is 15.9. The van der Waals surface area contributed by atoms with Crippen LogP contribution in [0.25, 0.3) is 0 Å². The maximum Gasteiger partial charge on any atom is 0.162 e. The Kier molecular flexibility index (Phi) is 6.11. The SMILES string of the molecule is COc1cccc(CNc2ccc(NCc3cccc(OC)c3O)cc2)c1O. The fourth-order valence-corrected chi connectivity index (χ4v) is 2.85. The van der Waals surface area contributed by atoms with Gasteiger partial charge >= 0.3 is 0 Å². The number of anilines is 2. The van der Waals surface area contributed by atoms with Crippen LogP contribution >= 0.6 is 0 Å². The molecule has 0 unspecified atom stereocenters. The molecule has 0 aliphatic carbocycles. The van der Waals surface area contributed by atoms with E-state index < -0.39 is 0 Å². The Bertz CT molecular complexity index is 850. The van der Waals surface area contributed by atoms with Gasteiger partial charge in [-0.1, -0.05) is 24.3 Å². The van der Waals surface area contributed by atoms with E-state index in [-0.39, 0.29) is 11.5 Å². The van der Waals surface area contributed by atoms with Crippen LogP contribution in [0, 0.1) is 0 Å². The lowest BCUT2D eigenvalue weighted by molar-refractivity contribution is 0.371. The second-order valence-corrected chi connectivity index (χ2v) is 6.22. The molecule has 0 saturated heterocycles. The third-order valence-corrected chi connectivity index (χ3v) is 4.46. The van der Waals surface area contributed by atoms with E-state index >= 15 is 0 Å². The average Bonchev–Trinajstić information content (AvgIpc) is 2.73. The molecule has 0 amide bonds. The number of rotatable bonds is 8. The van der Waals surface area contributed by atoms with Crippen molar-refractivity contribution in [3.05, 3.63) is 71.8 Å². The van der Waals surface area contributed by atoms with Crippen LogP contribution in [0.5, 0.6) is 23.0 Å². The lowest BCUT2D eigenvalue weighted by Gasteiger charge is -2.12. The quantitative estimate of drug-likeness (QED) is 0.465. The van der Waals surface area contributed by atoms with Gasteiger partial charge in [-0.15, -0.1) is 0 Å². The standard InChI is InChI=1S/C22H24N2O4/c1-27-19-7-3-5-15(21(19)25)13-23-17-9-11-18(12-10-17)24-14-16-6-4-8-20(28-2)22(16)26/h3-12,23-26H,13-14H2,1-2H3. The normalized spacial score (nSPS) is 10.4. The minimum absolute atomic E-state index is 0.147. The molecule has 3 aromatic rings. The number of hydrogen-bond acceptors (Lipinski definition) is 6. The van der Waals surface area contributed by atoms with Crippen molar-refractivity contribution >= 4 is 11.4 Å². The van der Waals surface area contributed by atoms with E-state index in [1.54, 1.807) is 12.1 Å². The zero-order chi connectivity index (χ0) is 19.9. The summed E-state index contributed by atoms with van der Waals surface area (Å²) in [5, 5.41) is 26.8. The highest BCUT2D eigenvalue weighted by Crippen LogP contribution is 2.31. The number of ether oxygens (including phenoxy) is 2. The highest BCUT2D eigenvalue weighted by molar-refractivity contribution is 5.56. The molecule has 146 valence electrons. The van der Waals surface area contributed by atoms with Crippen LogP contribution in [0.1, 0.15) is 11.1 Å². The molecule has 4 N–H and O–H groups in total. The van der Waals surface area contributed by atoms with E-state index in [2.05, 4.69) is 10.6 Å². The van der Waals surface area contributed by atoms with Crippen LogP contribution in [-0.4, -0.2) is 24.4 Å². The third kappa shape index (κ3) is 4.40. The van der Waals surface area contributed by atoms with E-state index in [1.165, 1.54) is 14.2 Å². The number of phenolic OH excluding ortho intramolecular Hbond substituents is 2. The lowest BCUT2D eigenvalue weighted by Crippen LogP contribution is -2.02. The summed E-state index contributed by atoms with van der Waals surface area (Å²) in [4.78, 5) is 0. The van der Waals surface area contributed by atoms with Crippen molar-refractivity contribution in [3.63, 3.8) is 0 Å². The fourth-order valence-electron chi connectivity index (χ4n) is 2.85. The molecule has 28 heavy (non-hydrogen) atoms. The minimum atomic E-state index is 0.147. The molecule has 0 saturated carbocycles. The number of aromatic hydroxyl groups is 2. The summed E-state index contributed by atoms with van der Waals surface area (Å²) < 4.78 is 10.3. The molecule has 0 aliphatic heterocycles. The van der Waals surface area contributed by atoms with Crippen molar-refractivity contribution in [1.82, 2.24) is 0 Å². The smallest absolute Gasteiger partial charge is 0.162 e. The molecular weight excluding hydrogens is 356 g/mol. The number of hydrogen-bond donors (Lipinski definition) is 4. The first-order valence-corrected chi connectivity index (χ1v) is 8.90. The molecule has 0 bridgehead atoms. The van der Waals surface area contributed by atoms with Gasteiger partial charge in [-0.3, -0.25) is 0 Å². The van der Waals surface area contributed by atoms with E-state index in [0.29, 0.717) is 24.6 Å². The van der Waals surface area contributed by atoms with Crippen LogP contribution in [-0.2, 0) is 13.1 Å². The zero-order valence-corrected chi connectivity index (χ0v) is 15.9. The minimum Gasteiger partial charge on any atom is -0.504 e. The van der Waals surface area contributed by atoms with Gasteiger partial charge in [0.1, 0.15) is 0 Å². The highest BCUT2D eigenvalue weighted by Gasteiger charge is 2.08. The Morgan fingerprint density at radius 3 is 1.39 bits per heavy atom. The number of benzene rings is 3. The van der Waals surface area contributed by atoms with Crippen molar-refractivity contribution in [1.29, 1.82) is 0 Å². The molecule has 0 aromatic heterocycles. The molecule has 6 nitrogen and oxygen atoms in total. The van der Waals surface area contributed by atoms with Crippen molar-refractivity contribution in [3.8, 4) is 23.0 Å². The number of methoxy groups -OCH3 is 2. The average molecular weight is 380 g/mol. The Morgan fingerprint density at radius 1 is 0.643 bits per heavy atom. The first kappa shape index (κ1) is 19.2. The summed E-state index contributed by atoms with van der Waals surface area (Å²) in [5.41, 5.74) is 3.37. The Balaban J connectivity index is 1.58. The summed E-state index contributed by atoms with van der Waals surface area (Å²) in [6, 6.07) is 18.6. The highest BCUT2D eigenvalue weighted by atomic mass is 16.5. The number of phenols is 2. The summed E-state index contributed by atoms with van der Waals surface area (Å²) >= 11 is 0. The predicted molar refractivity (Wildman–Crippen MR) is 110 cm³/mol. The molecule has 0 spiro atoms. The summed E-state index contributed by atoms with van der Waals surface area (Å²) in [6.45, 7) is 0.959. The van der Waals surface area contributed by atoms with Gasteiger partial charge in [0.25, 0.3) is 0 Å². The molecule has 3 aromatic carbocycles. The summed E-state index contributed by atoms with van der Waals surface area (Å²) in [6.07, 6.45) is 0. The van der Waals surface area contributed by atoms with E-state index in [4.69, 9.17) is 9.47 Å². The second-order valence-electron chi connectivity index (χ2n) is 6.22. The Hall–Kier alpha value is -3.54. The summed E-state index contributed by atoms with van der Waals surface area (Å²) in [5.74, 6) is 1.21. The molecule has 0 atom stereocenters. The first-order valence-electron chi connectivity index (χ1n) is 8.90. The van der Waals surface area contributed by atoms with Crippen molar-refractivity contribution in [2.75, 3.05) is 24.9 Å². The third-order valence-electron chi connectivity index (χ3n) is 4.46. The maximum atomic E-state index is 10.1. The van der Waals surface area contributed by atoms with Gasteiger partial charge in [-0.2, -0.15) is 0 Å². The number of para-hydroxylation sites is 2. The van der Waals surface area contributed by atoms with Gasteiger partial charge < -0.3 is 30.3 Å². The topological polar surface area (TPSA) is 83.0 Å². The molecule has 0 aliphatic rings. The van der Waals surface area contributed by atoms with Gasteiger partial charge in [-0.25, -0.2) is 0 Å². The van der Waals surface area contributed by atoms with Crippen molar-refractivity contribution in [2.45, 2.75) is 13.1 Å². The molecule has 0 radical (unpaired) electrons. The monoisotopic (exact) mass is 380 g/mol. The predicted octanol–water partition coefficient (Wildman–Crippen LogP) is 4.34. The van der Waals surface area contributed by atoms with Crippen molar-refractivity contribution < 1.29 is 19.7 Å². The maximum absolute atomic E-state index is 10.1. The van der Waals surface area contributed by atoms with Crippen molar-refractivity contribution in [2.24, 2.45) is 0 Å². The van der Waals surface area contributed by atoms with Crippen LogP contribution in [0.2, 0.25) is 0 Å². The lowest BCUT2D eigenvalue weighted by atomic mass is 10.1. The Labute approximate surface area is 164 Å². The molecule has 0 heterocycles. The van der Waals surface area contributed by atoms with Gasteiger partial charge in [0.05, 0.1) is 14.2 Å². The first-order chi connectivity index (χ1) is 13.6. The molecule has 3 rings (SSSR count). The van der Waals surface area contributed by atoms with Crippen LogP contribution in [0.4, 0.5) is 11.4 Å². The fraction of sp³-hybridized carbons (Fsp3) is 0.182. The Morgan fingerprint density at radius 2 is 1.04 bits per heavy atom.